The maximum Gasteiger partial charge on any atom is 0.229 e. The third-order valence-corrected chi connectivity index (χ3v) is 3.51. The van der Waals surface area contributed by atoms with E-state index in [2.05, 4.69) is 47.5 Å². The molecular formula is C14H25N5O. The van der Waals surface area contributed by atoms with E-state index in [1.54, 1.807) is 0 Å². The van der Waals surface area contributed by atoms with E-state index in [0.717, 1.165) is 32.0 Å². The average molecular weight is 279 g/mol. The Bertz CT molecular complexity index is 439. The van der Waals surface area contributed by atoms with Crippen LogP contribution in [0.15, 0.2) is 6.07 Å². The van der Waals surface area contributed by atoms with Crippen molar-refractivity contribution in [3.63, 3.8) is 0 Å². The molecule has 1 fully saturated rings. The molecule has 0 amide bonds. The molecule has 0 bridgehead atoms. The fourth-order valence-electron chi connectivity index (χ4n) is 2.61. The van der Waals surface area contributed by atoms with E-state index in [1.165, 1.54) is 0 Å². The third kappa shape index (κ3) is 3.30. The van der Waals surface area contributed by atoms with Gasteiger partial charge >= 0.3 is 0 Å². The number of aromatic nitrogens is 2. The summed E-state index contributed by atoms with van der Waals surface area (Å²) >= 11 is 0. The number of nitrogens with zero attached hydrogens (tertiary/aromatic N) is 4. The summed E-state index contributed by atoms with van der Waals surface area (Å²) in [6.45, 7) is 11.8. The van der Waals surface area contributed by atoms with Crippen LogP contribution in [0.2, 0.25) is 0 Å². The molecule has 2 rings (SSSR count). The highest BCUT2D eigenvalue weighted by Gasteiger charge is 2.24. The van der Waals surface area contributed by atoms with Gasteiger partial charge in [0.1, 0.15) is 11.6 Å². The largest absolute Gasteiger partial charge is 0.383 e. The number of anilines is 3. The lowest BCUT2D eigenvalue weighted by Crippen LogP contribution is -2.46. The fourth-order valence-corrected chi connectivity index (χ4v) is 2.61. The second-order valence-corrected chi connectivity index (χ2v) is 5.29. The van der Waals surface area contributed by atoms with Gasteiger partial charge in [0.25, 0.3) is 0 Å². The predicted octanol–water partition coefficient (Wildman–Crippen LogP) is 1.52. The lowest BCUT2D eigenvalue weighted by atomic mass is 10.2. The van der Waals surface area contributed by atoms with E-state index >= 15 is 0 Å². The monoisotopic (exact) mass is 279 g/mol. The number of morpholine rings is 1. The van der Waals surface area contributed by atoms with Crippen molar-refractivity contribution in [2.24, 2.45) is 0 Å². The molecule has 0 saturated carbocycles. The lowest BCUT2D eigenvalue weighted by molar-refractivity contribution is -0.00545. The van der Waals surface area contributed by atoms with Crippen LogP contribution >= 0.6 is 0 Å². The Balaban J connectivity index is 2.27. The van der Waals surface area contributed by atoms with Gasteiger partial charge in [-0.2, -0.15) is 9.97 Å². The Morgan fingerprint density at radius 1 is 1.25 bits per heavy atom. The highest BCUT2D eigenvalue weighted by molar-refractivity contribution is 5.52. The quantitative estimate of drug-likeness (QED) is 0.901. The minimum atomic E-state index is 0.201. The van der Waals surface area contributed by atoms with E-state index in [4.69, 9.17) is 10.5 Å². The van der Waals surface area contributed by atoms with Crippen LogP contribution in [0.4, 0.5) is 17.6 Å². The molecule has 1 aliphatic heterocycles. The summed E-state index contributed by atoms with van der Waals surface area (Å²) < 4.78 is 5.76. The summed E-state index contributed by atoms with van der Waals surface area (Å²) in [6.07, 6.45) is 0.402. The summed E-state index contributed by atoms with van der Waals surface area (Å²) in [5.74, 6) is 2.11. The molecule has 1 saturated heterocycles. The molecule has 2 heterocycles. The molecule has 2 atom stereocenters. The van der Waals surface area contributed by atoms with Crippen molar-refractivity contribution in [3.05, 3.63) is 6.07 Å². The number of ether oxygens (including phenoxy) is 1. The standard InChI is InChI=1S/C14H25N5O/c1-5-18(6-2)14-16-12(15)7-13(17-14)19-8-10(3)20-11(4)9-19/h7,10-11H,5-6,8-9H2,1-4H3,(H2,15,16,17)/t10-,11+. The molecule has 6 heteroatoms. The third-order valence-electron chi connectivity index (χ3n) is 3.51. The first-order chi connectivity index (χ1) is 9.53. The zero-order valence-electron chi connectivity index (χ0n) is 12.8. The van der Waals surface area contributed by atoms with Gasteiger partial charge in [0.15, 0.2) is 0 Å². The number of nitrogens with two attached hydrogens (primary N) is 1. The summed E-state index contributed by atoms with van der Waals surface area (Å²) in [5, 5.41) is 0. The highest BCUT2D eigenvalue weighted by Crippen LogP contribution is 2.22. The van der Waals surface area contributed by atoms with Gasteiger partial charge in [-0.3, -0.25) is 0 Å². The van der Waals surface area contributed by atoms with Gasteiger partial charge in [-0.05, 0) is 27.7 Å². The number of nitrogen functional groups attached to an aromatic ring is 1. The first-order valence-corrected chi connectivity index (χ1v) is 7.33. The van der Waals surface area contributed by atoms with E-state index in [-0.39, 0.29) is 12.2 Å². The minimum absolute atomic E-state index is 0.201. The van der Waals surface area contributed by atoms with E-state index in [1.807, 2.05) is 6.07 Å². The minimum Gasteiger partial charge on any atom is -0.383 e. The van der Waals surface area contributed by atoms with E-state index in [0.29, 0.717) is 11.8 Å². The van der Waals surface area contributed by atoms with Crippen molar-refractivity contribution in [3.8, 4) is 0 Å². The maximum absolute atomic E-state index is 5.95. The first-order valence-electron chi connectivity index (χ1n) is 7.33. The van der Waals surface area contributed by atoms with Gasteiger partial charge in [0.05, 0.1) is 12.2 Å². The van der Waals surface area contributed by atoms with Crippen LogP contribution in [0.5, 0.6) is 0 Å². The highest BCUT2D eigenvalue weighted by atomic mass is 16.5. The molecule has 1 aromatic heterocycles. The van der Waals surface area contributed by atoms with Gasteiger partial charge < -0.3 is 20.3 Å². The van der Waals surface area contributed by atoms with Gasteiger partial charge in [0.2, 0.25) is 5.95 Å². The topological polar surface area (TPSA) is 67.5 Å². The van der Waals surface area contributed by atoms with Crippen LogP contribution in [-0.4, -0.2) is 48.4 Å². The Labute approximate surface area is 120 Å². The van der Waals surface area contributed by atoms with Crippen LogP contribution < -0.4 is 15.5 Å². The Kier molecular flexibility index (Phi) is 4.65. The van der Waals surface area contributed by atoms with Gasteiger partial charge in [0, 0.05) is 32.2 Å². The van der Waals surface area contributed by atoms with Crippen LogP contribution in [0.25, 0.3) is 0 Å². The second-order valence-electron chi connectivity index (χ2n) is 5.29. The maximum atomic E-state index is 5.95. The summed E-state index contributed by atoms with van der Waals surface area (Å²) in [5.41, 5.74) is 5.95. The van der Waals surface area contributed by atoms with Crippen LogP contribution in [0, 0.1) is 0 Å². The number of hydrogen-bond acceptors (Lipinski definition) is 6. The molecule has 20 heavy (non-hydrogen) atoms. The van der Waals surface area contributed by atoms with Crippen LogP contribution in [0.3, 0.4) is 0 Å². The van der Waals surface area contributed by atoms with Gasteiger partial charge in [-0.25, -0.2) is 0 Å². The Morgan fingerprint density at radius 3 is 2.40 bits per heavy atom. The van der Waals surface area contributed by atoms with Crippen molar-refractivity contribution >= 4 is 17.6 Å². The summed E-state index contributed by atoms with van der Waals surface area (Å²) in [7, 11) is 0. The molecule has 0 aromatic carbocycles. The molecule has 0 radical (unpaired) electrons. The second kappa shape index (κ2) is 6.26. The van der Waals surface area contributed by atoms with Gasteiger partial charge in [-0.15, -0.1) is 0 Å². The predicted molar refractivity (Wildman–Crippen MR) is 82.2 cm³/mol. The number of hydrogen-bond donors (Lipinski definition) is 1. The normalized spacial score (nSPS) is 22.9. The summed E-state index contributed by atoms with van der Waals surface area (Å²) in [4.78, 5) is 13.3. The molecule has 0 unspecified atom stereocenters. The van der Waals surface area contributed by atoms with Crippen molar-refractivity contribution in [2.75, 3.05) is 41.7 Å². The molecule has 6 nitrogen and oxygen atoms in total. The average Bonchev–Trinajstić information content (AvgIpc) is 2.38. The first kappa shape index (κ1) is 14.8. The number of rotatable bonds is 4. The van der Waals surface area contributed by atoms with Crippen molar-refractivity contribution in [2.45, 2.75) is 39.9 Å². The lowest BCUT2D eigenvalue weighted by Gasteiger charge is -2.36. The SMILES string of the molecule is CCN(CC)c1nc(N)cc(N2C[C@@H](C)O[C@@H](C)C2)n1. The van der Waals surface area contributed by atoms with Gasteiger partial charge in [-0.1, -0.05) is 0 Å². The molecule has 0 aliphatic carbocycles. The van der Waals surface area contributed by atoms with Crippen molar-refractivity contribution in [1.29, 1.82) is 0 Å². The molecule has 1 aliphatic rings. The zero-order chi connectivity index (χ0) is 14.7. The fraction of sp³-hybridized carbons (Fsp3) is 0.714. The van der Waals surface area contributed by atoms with E-state index < -0.39 is 0 Å². The Morgan fingerprint density at radius 2 is 1.85 bits per heavy atom. The molecule has 1 aromatic rings. The van der Waals surface area contributed by atoms with Crippen LogP contribution in [-0.2, 0) is 4.74 Å². The van der Waals surface area contributed by atoms with Crippen molar-refractivity contribution in [1.82, 2.24) is 9.97 Å². The molecule has 2 N–H and O–H groups in total. The smallest absolute Gasteiger partial charge is 0.229 e. The molecule has 112 valence electrons. The van der Waals surface area contributed by atoms with E-state index in [9.17, 15) is 0 Å². The zero-order valence-corrected chi connectivity index (χ0v) is 12.8. The Hall–Kier alpha value is -1.56. The molecule has 0 spiro atoms. The summed E-state index contributed by atoms with van der Waals surface area (Å²) in [6, 6.07) is 1.84. The molecular weight excluding hydrogens is 254 g/mol. The van der Waals surface area contributed by atoms with Crippen LogP contribution in [0.1, 0.15) is 27.7 Å². The van der Waals surface area contributed by atoms with Crippen molar-refractivity contribution < 1.29 is 4.74 Å².